The largest absolute Gasteiger partial charge is 0.493 e. The van der Waals surface area contributed by atoms with Crippen LogP contribution in [-0.4, -0.2) is 24.8 Å². The van der Waals surface area contributed by atoms with Crippen LogP contribution in [0.2, 0.25) is 0 Å². The van der Waals surface area contributed by atoms with E-state index in [1.54, 1.807) is 7.11 Å². The predicted octanol–water partition coefficient (Wildman–Crippen LogP) is 3.99. The zero-order valence-electron chi connectivity index (χ0n) is 14.0. The van der Waals surface area contributed by atoms with Crippen molar-refractivity contribution < 1.29 is 14.3 Å². The number of rotatable bonds is 5. The van der Waals surface area contributed by atoms with E-state index in [0.29, 0.717) is 28.2 Å². The van der Waals surface area contributed by atoms with Gasteiger partial charge in [0, 0.05) is 0 Å². The standard InChI is InChI=1S/C19H18N2O3S/c1-3-24-16-11-13(9-10-15(16)23-2)12-17-18(22)21-19(25-17)20-14-7-5-4-6-8-14/h4-12H,3H2,1-2H3,(H,20,21,22). The zero-order chi connectivity index (χ0) is 17.6. The first kappa shape index (κ1) is 17.1. The normalized spacial score (nSPS) is 17.0. The Bertz CT molecular complexity index is 832. The minimum absolute atomic E-state index is 0.159. The first-order chi connectivity index (χ1) is 12.2. The molecule has 2 aromatic carbocycles. The molecule has 3 rings (SSSR count). The highest BCUT2D eigenvalue weighted by atomic mass is 32.2. The Kier molecular flexibility index (Phi) is 5.40. The topological polar surface area (TPSA) is 59.9 Å². The maximum absolute atomic E-state index is 12.2. The molecule has 1 aliphatic rings. The summed E-state index contributed by atoms with van der Waals surface area (Å²) in [6.45, 7) is 2.46. The van der Waals surface area contributed by atoms with Crippen LogP contribution in [-0.2, 0) is 4.79 Å². The van der Waals surface area contributed by atoms with Crippen molar-refractivity contribution in [3.8, 4) is 11.5 Å². The third-order valence-electron chi connectivity index (χ3n) is 3.42. The number of nitrogens with one attached hydrogen (secondary N) is 1. The molecule has 0 radical (unpaired) electrons. The number of amides is 1. The highest BCUT2D eigenvalue weighted by molar-refractivity contribution is 8.18. The Morgan fingerprint density at radius 3 is 2.68 bits per heavy atom. The van der Waals surface area contributed by atoms with Crippen molar-refractivity contribution in [3.05, 3.63) is 59.0 Å². The molecule has 0 bridgehead atoms. The number of carbonyl (C=O) groups is 1. The van der Waals surface area contributed by atoms with Gasteiger partial charge in [0.25, 0.3) is 5.91 Å². The summed E-state index contributed by atoms with van der Waals surface area (Å²) in [5.41, 5.74) is 1.66. The number of benzene rings is 2. The van der Waals surface area contributed by atoms with Crippen LogP contribution in [0.5, 0.6) is 11.5 Å². The molecule has 0 saturated carbocycles. The Hall–Kier alpha value is -2.73. The molecule has 1 aliphatic heterocycles. The molecule has 5 nitrogen and oxygen atoms in total. The van der Waals surface area contributed by atoms with Crippen LogP contribution in [0.3, 0.4) is 0 Å². The third kappa shape index (κ3) is 4.22. The molecule has 1 saturated heterocycles. The lowest BCUT2D eigenvalue weighted by Crippen LogP contribution is -2.19. The van der Waals surface area contributed by atoms with Gasteiger partial charge < -0.3 is 14.8 Å². The van der Waals surface area contributed by atoms with Crippen LogP contribution >= 0.6 is 11.8 Å². The summed E-state index contributed by atoms with van der Waals surface area (Å²) in [4.78, 5) is 17.2. The first-order valence-electron chi connectivity index (χ1n) is 7.85. The average Bonchev–Trinajstić information content (AvgIpc) is 2.95. The fourth-order valence-corrected chi connectivity index (χ4v) is 3.14. The molecular weight excluding hydrogens is 336 g/mol. The van der Waals surface area contributed by atoms with Crippen molar-refractivity contribution in [1.29, 1.82) is 0 Å². The highest BCUT2D eigenvalue weighted by Crippen LogP contribution is 2.32. The lowest BCUT2D eigenvalue weighted by atomic mass is 10.2. The lowest BCUT2D eigenvalue weighted by Gasteiger charge is -2.09. The number of para-hydroxylation sites is 1. The molecular formula is C19H18N2O3S. The van der Waals surface area contributed by atoms with Gasteiger partial charge in [-0.3, -0.25) is 4.79 Å². The van der Waals surface area contributed by atoms with Crippen LogP contribution in [0.15, 0.2) is 58.4 Å². The number of methoxy groups -OCH3 is 1. The summed E-state index contributed by atoms with van der Waals surface area (Å²) in [6.07, 6.45) is 1.81. The average molecular weight is 354 g/mol. The van der Waals surface area contributed by atoms with E-state index in [1.807, 2.05) is 61.5 Å². The minimum atomic E-state index is -0.159. The fourth-order valence-electron chi connectivity index (χ4n) is 2.30. The third-order valence-corrected chi connectivity index (χ3v) is 4.33. The number of thioether (sulfide) groups is 1. The Labute approximate surface area is 150 Å². The number of amidine groups is 1. The van der Waals surface area contributed by atoms with E-state index in [0.717, 1.165) is 11.3 Å². The Morgan fingerprint density at radius 1 is 1.16 bits per heavy atom. The quantitative estimate of drug-likeness (QED) is 0.825. The van der Waals surface area contributed by atoms with Gasteiger partial charge in [-0.1, -0.05) is 24.3 Å². The number of carbonyl (C=O) groups excluding carboxylic acids is 1. The smallest absolute Gasteiger partial charge is 0.264 e. The van der Waals surface area contributed by atoms with Crippen LogP contribution in [0.1, 0.15) is 12.5 Å². The van der Waals surface area contributed by atoms with Gasteiger partial charge >= 0.3 is 0 Å². The van der Waals surface area contributed by atoms with Crippen LogP contribution in [0.4, 0.5) is 5.69 Å². The van der Waals surface area contributed by atoms with Crippen LogP contribution in [0.25, 0.3) is 6.08 Å². The maximum Gasteiger partial charge on any atom is 0.264 e. The SMILES string of the molecule is CCOc1cc(C=C2SC(=Nc3ccccc3)NC2=O)ccc1OC. The molecule has 0 spiro atoms. The lowest BCUT2D eigenvalue weighted by molar-refractivity contribution is -0.115. The summed E-state index contributed by atoms with van der Waals surface area (Å²) < 4.78 is 10.9. The van der Waals surface area contributed by atoms with Gasteiger partial charge in [-0.15, -0.1) is 0 Å². The van der Waals surface area contributed by atoms with E-state index in [-0.39, 0.29) is 5.91 Å². The summed E-state index contributed by atoms with van der Waals surface area (Å²) in [5, 5.41) is 3.36. The number of nitrogens with zero attached hydrogens (tertiary/aromatic N) is 1. The Morgan fingerprint density at radius 2 is 1.96 bits per heavy atom. The van der Waals surface area contributed by atoms with Gasteiger partial charge in [-0.2, -0.15) is 0 Å². The summed E-state index contributed by atoms with van der Waals surface area (Å²) >= 11 is 1.32. The number of aliphatic imine (C=N–C) groups is 1. The molecule has 25 heavy (non-hydrogen) atoms. The summed E-state index contributed by atoms with van der Waals surface area (Å²) in [6, 6.07) is 15.1. The molecule has 128 valence electrons. The zero-order valence-corrected chi connectivity index (χ0v) is 14.8. The second-order valence-corrected chi connectivity index (χ2v) is 6.19. The second-order valence-electron chi connectivity index (χ2n) is 5.16. The van der Waals surface area contributed by atoms with Gasteiger partial charge in [0.15, 0.2) is 16.7 Å². The highest BCUT2D eigenvalue weighted by Gasteiger charge is 2.23. The van der Waals surface area contributed by atoms with Gasteiger partial charge in [-0.05, 0) is 54.6 Å². The number of hydrogen-bond acceptors (Lipinski definition) is 5. The van der Waals surface area contributed by atoms with E-state index in [4.69, 9.17) is 9.47 Å². The van der Waals surface area contributed by atoms with Gasteiger partial charge in [0.2, 0.25) is 0 Å². The predicted molar refractivity (Wildman–Crippen MR) is 101 cm³/mol. The molecule has 0 atom stereocenters. The van der Waals surface area contributed by atoms with Gasteiger partial charge in [0.1, 0.15) is 0 Å². The second kappa shape index (κ2) is 7.90. The molecule has 1 amide bonds. The molecule has 1 N–H and O–H groups in total. The molecule has 1 heterocycles. The molecule has 0 aromatic heterocycles. The summed E-state index contributed by atoms with van der Waals surface area (Å²) in [7, 11) is 1.60. The molecule has 2 aromatic rings. The fraction of sp³-hybridized carbons (Fsp3) is 0.158. The van der Waals surface area contributed by atoms with Crippen molar-refractivity contribution in [2.24, 2.45) is 4.99 Å². The Balaban J connectivity index is 1.83. The molecule has 0 aliphatic carbocycles. The van der Waals surface area contributed by atoms with Crippen molar-refractivity contribution in [2.75, 3.05) is 13.7 Å². The van der Waals surface area contributed by atoms with Crippen molar-refractivity contribution >= 4 is 34.6 Å². The van der Waals surface area contributed by atoms with E-state index >= 15 is 0 Å². The van der Waals surface area contributed by atoms with E-state index < -0.39 is 0 Å². The van der Waals surface area contributed by atoms with Gasteiger partial charge in [0.05, 0.1) is 24.3 Å². The molecule has 6 heteroatoms. The van der Waals surface area contributed by atoms with Crippen molar-refractivity contribution in [2.45, 2.75) is 6.92 Å². The van der Waals surface area contributed by atoms with Crippen LogP contribution in [0, 0.1) is 0 Å². The van der Waals surface area contributed by atoms with E-state index in [1.165, 1.54) is 11.8 Å². The van der Waals surface area contributed by atoms with Crippen molar-refractivity contribution in [1.82, 2.24) is 5.32 Å². The maximum atomic E-state index is 12.2. The molecule has 1 fully saturated rings. The number of hydrogen-bond donors (Lipinski definition) is 1. The molecule has 0 unspecified atom stereocenters. The minimum Gasteiger partial charge on any atom is -0.493 e. The summed E-state index contributed by atoms with van der Waals surface area (Å²) in [5.74, 6) is 1.16. The van der Waals surface area contributed by atoms with E-state index in [2.05, 4.69) is 10.3 Å². The monoisotopic (exact) mass is 354 g/mol. The number of ether oxygens (including phenoxy) is 2. The van der Waals surface area contributed by atoms with E-state index in [9.17, 15) is 4.79 Å². The van der Waals surface area contributed by atoms with Crippen molar-refractivity contribution in [3.63, 3.8) is 0 Å². The first-order valence-corrected chi connectivity index (χ1v) is 8.66. The van der Waals surface area contributed by atoms with Gasteiger partial charge in [-0.25, -0.2) is 4.99 Å². The van der Waals surface area contributed by atoms with Crippen LogP contribution < -0.4 is 14.8 Å².